The number of hydrogen-bond acceptors (Lipinski definition) is 4. The molecule has 6 heteroatoms. The first-order valence-electron chi connectivity index (χ1n) is 8.05. The van der Waals surface area contributed by atoms with Gasteiger partial charge in [-0.1, -0.05) is 12.1 Å². The normalized spacial score (nSPS) is 19.8. The Balaban J connectivity index is 0.00000288. The first kappa shape index (κ1) is 20.3. The molecule has 2 unspecified atom stereocenters. The highest BCUT2D eigenvalue weighted by molar-refractivity contribution is 5.85. The Morgan fingerprint density at radius 1 is 1.46 bits per heavy atom. The van der Waals surface area contributed by atoms with Crippen molar-refractivity contribution < 1.29 is 14.3 Å². The second-order valence-electron chi connectivity index (χ2n) is 5.91. The predicted octanol–water partition coefficient (Wildman–Crippen LogP) is 2.48. The van der Waals surface area contributed by atoms with E-state index in [1.54, 1.807) is 7.11 Å². The fraction of sp³-hybridized carbons (Fsp3) is 0.500. The first-order valence-corrected chi connectivity index (χ1v) is 8.05. The molecule has 24 heavy (non-hydrogen) atoms. The summed E-state index contributed by atoms with van der Waals surface area (Å²) in [6.07, 6.45) is 4.51. The number of rotatable bonds is 7. The monoisotopic (exact) mass is 354 g/mol. The summed E-state index contributed by atoms with van der Waals surface area (Å²) in [6.45, 7) is 6.79. The van der Waals surface area contributed by atoms with Crippen LogP contribution in [0.15, 0.2) is 30.9 Å². The second-order valence-corrected chi connectivity index (χ2v) is 5.91. The van der Waals surface area contributed by atoms with E-state index < -0.39 is 0 Å². The number of allylic oxidation sites excluding steroid dienone is 1. The molecule has 1 aliphatic heterocycles. The van der Waals surface area contributed by atoms with Crippen LogP contribution in [-0.4, -0.2) is 38.3 Å². The Labute approximate surface area is 150 Å². The maximum absolute atomic E-state index is 12.0. The number of halogens is 1. The van der Waals surface area contributed by atoms with Gasteiger partial charge in [0.05, 0.1) is 7.11 Å². The van der Waals surface area contributed by atoms with Gasteiger partial charge in [-0.05, 0) is 50.4 Å². The third-order valence-electron chi connectivity index (χ3n) is 3.96. The highest BCUT2D eigenvalue weighted by Crippen LogP contribution is 2.28. The van der Waals surface area contributed by atoms with Gasteiger partial charge in [0.25, 0.3) is 5.91 Å². The molecule has 2 atom stereocenters. The van der Waals surface area contributed by atoms with Gasteiger partial charge in [0.2, 0.25) is 0 Å². The van der Waals surface area contributed by atoms with Gasteiger partial charge in [-0.2, -0.15) is 0 Å². The minimum Gasteiger partial charge on any atom is -0.493 e. The van der Waals surface area contributed by atoms with Crippen molar-refractivity contribution in [3.05, 3.63) is 36.4 Å². The van der Waals surface area contributed by atoms with Crippen molar-refractivity contribution in [2.24, 2.45) is 0 Å². The van der Waals surface area contributed by atoms with Crippen LogP contribution in [0.4, 0.5) is 0 Å². The van der Waals surface area contributed by atoms with Crippen molar-refractivity contribution in [1.29, 1.82) is 0 Å². The number of carbonyl (C=O) groups excluding carboxylic acids is 1. The van der Waals surface area contributed by atoms with Gasteiger partial charge in [-0.25, -0.2) is 0 Å². The first-order chi connectivity index (χ1) is 11.1. The number of ether oxygens (including phenoxy) is 2. The van der Waals surface area contributed by atoms with Crippen molar-refractivity contribution in [3.8, 4) is 11.5 Å². The summed E-state index contributed by atoms with van der Waals surface area (Å²) < 4.78 is 10.9. The lowest BCUT2D eigenvalue weighted by atomic mass is 10.0. The summed E-state index contributed by atoms with van der Waals surface area (Å²) in [5.74, 6) is 1.11. The molecule has 0 spiro atoms. The third-order valence-corrected chi connectivity index (χ3v) is 3.96. The molecule has 2 N–H and O–H groups in total. The lowest BCUT2D eigenvalue weighted by molar-refractivity contribution is -0.124. The Morgan fingerprint density at radius 2 is 2.25 bits per heavy atom. The van der Waals surface area contributed by atoms with E-state index in [1.165, 1.54) is 0 Å². The highest BCUT2D eigenvalue weighted by atomic mass is 35.5. The standard InChI is InChI=1S/C18H26N2O3.ClH/c1-4-5-14-6-7-16(17(11-14)22-3)23-12-18(21)20-15-8-9-19-13(2)10-15;/h4,6-7,11,13,15,19H,1,5,8-10,12H2,2-3H3,(H,20,21);1H. The minimum absolute atomic E-state index is 0. The van der Waals surface area contributed by atoms with Crippen LogP contribution in [-0.2, 0) is 11.2 Å². The van der Waals surface area contributed by atoms with Gasteiger partial charge in [-0.15, -0.1) is 19.0 Å². The van der Waals surface area contributed by atoms with Crippen LogP contribution in [0.3, 0.4) is 0 Å². The number of hydrogen-bond donors (Lipinski definition) is 2. The van der Waals surface area contributed by atoms with E-state index in [-0.39, 0.29) is 31.0 Å². The van der Waals surface area contributed by atoms with E-state index in [4.69, 9.17) is 9.47 Å². The van der Waals surface area contributed by atoms with E-state index in [2.05, 4.69) is 24.1 Å². The Hall–Kier alpha value is -1.72. The van der Waals surface area contributed by atoms with Gasteiger partial charge in [0, 0.05) is 12.1 Å². The molecular formula is C18H27ClN2O3. The van der Waals surface area contributed by atoms with Crippen molar-refractivity contribution in [2.45, 2.75) is 38.3 Å². The average Bonchev–Trinajstić information content (AvgIpc) is 2.54. The topological polar surface area (TPSA) is 59.6 Å². The summed E-state index contributed by atoms with van der Waals surface area (Å²) in [4.78, 5) is 12.0. The lowest BCUT2D eigenvalue weighted by Gasteiger charge is -2.28. The van der Waals surface area contributed by atoms with Gasteiger partial charge < -0.3 is 20.1 Å². The number of methoxy groups -OCH3 is 1. The van der Waals surface area contributed by atoms with E-state index >= 15 is 0 Å². The van der Waals surface area contributed by atoms with E-state index in [0.717, 1.165) is 31.4 Å². The average molecular weight is 355 g/mol. The minimum atomic E-state index is -0.0960. The number of benzene rings is 1. The van der Waals surface area contributed by atoms with Gasteiger partial charge in [-0.3, -0.25) is 4.79 Å². The van der Waals surface area contributed by atoms with Crippen LogP contribution in [0, 0.1) is 0 Å². The summed E-state index contributed by atoms with van der Waals surface area (Å²) in [5, 5.41) is 6.40. The summed E-state index contributed by atoms with van der Waals surface area (Å²) in [6, 6.07) is 6.35. The molecule has 2 rings (SSSR count). The molecule has 134 valence electrons. The lowest BCUT2D eigenvalue weighted by Crippen LogP contribution is -2.47. The SMILES string of the molecule is C=CCc1ccc(OCC(=O)NC2CCNC(C)C2)c(OC)c1.Cl. The van der Waals surface area contributed by atoms with Crippen LogP contribution in [0.2, 0.25) is 0 Å². The second kappa shape index (κ2) is 10.2. The zero-order valence-corrected chi connectivity index (χ0v) is 15.2. The zero-order chi connectivity index (χ0) is 16.7. The van der Waals surface area contributed by atoms with E-state index in [1.807, 2.05) is 24.3 Å². The summed E-state index contributed by atoms with van der Waals surface area (Å²) in [7, 11) is 1.59. The maximum atomic E-state index is 12.0. The number of piperidine rings is 1. The number of amides is 1. The van der Waals surface area contributed by atoms with Gasteiger partial charge in [0.1, 0.15) is 0 Å². The van der Waals surface area contributed by atoms with Gasteiger partial charge in [0.15, 0.2) is 18.1 Å². The molecule has 1 heterocycles. The molecule has 1 aliphatic rings. The molecular weight excluding hydrogens is 328 g/mol. The van der Waals surface area contributed by atoms with Crippen LogP contribution in [0.25, 0.3) is 0 Å². The highest BCUT2D eigenvalue weighted by Gasteiger charge is 2.20. The molecule has 0 saturated carbocycles. The van der Waals surface area contributed by atoms with Gasteiger partial charge >= 0.3 is 0 Å². The fourth-order valence-corrected chi connectivity index (χ4v) is 2.80. The molecule has 5 nitrogen and oxygen atoms in total. The summed E-state index contributed by atoms with van der Waals surface area (Å²) in [5.41, 5.74) is 1.09. The van der Waals surface area contributed by atoms with E-state index in [9.17, 15) is 4.79 Å². The van der Waals surface area contributed by atoms with Crippen LogP contribution < -0.4 is 20.1 Å². The Morgan fingerprint density at radius 3 is 2.92 bits per heavy atom. The smallest absolute Gasteiger partial charge is 0.258 e. The van der Waals surface area contributed by atoms with Crippen LogP contribution >= 0.6 is 12.4 Å². The molecule has 1 aromatic rings. The quantitative estimate of drug-likeness (QED) is 0.738. The molecule has 0 aromatic heterocycles. The van der Waals surface area contributed by atoms with Crippen molar-refractivity contribution in [1.82, 2.24) is 10.6 Å². The van der Waals surface area contributed by atoms with Crippen molar-refractivity contribution in [2.75, 3.05) is 20.3 Å². The van der Waals surface area contributed by atoms with Crippen LogP contribution in [0.1, 0.15) is 25.3 Å². The molecule has 1 fully saturated rings. The van der Waals surface area contributed by atoms with Crippen LogP contribution in [0.5, 0.6) is 11.5 Å². The molecule has 0 bridgehead atoms. The predicted molar refractivity (Wildman–Crippen MR) is 98.3 cm³/mol. The largest absolute Gasteiger partial charge is 0.493 e. The van der Waals surface area contributed by atoms with E-state index in [0.29, 0.717) is 17.5 Å². The number of carbonyl (C=O) groups is 1. The molecule has 1 aromatic carbocycles. The molecule has 1 saturated heterocycles. The maximum Gasteiger partial charge on any atom is 0.258 e. The zero-order valence-electron chi connectivity index (χ0n) is 14.3. The molecule has 0 radical (unpaired) electrons. The van der Waals surface area contributed by atoms with Crippen molar-refractivity contribution >= 4 is 18.3 Å². The summed E-state index contributed by atoms with van der Waals surface area (Å²) >= 11 is 0. The molecule has 1 amide bonds. The Bertz CT molecular complexity index is 551. The Kier molecular flexibility index (Phi) is 8.65. The number of nitrogens with one attached hydrogen (secondary N) is 2. The van der Waals surface area contributed by atoms with Crippen molar-refractivity contribution in [3.63, 3.8) is 0 Å². The fourth-order valence-electron chi connectivity index (χ4n) is 2.80. The molecule has 0 aliphatic carbocycles. The third kappa shape index (κ3) is 6.06.